The van der Waals surface area contributed by atoms with E-state index in [1.54, 1.807) is 19.1 Å². The van der Waals surface area contributed by atoms with Gasteiger partial charge in [-0.2, -0.15) is 0 Å². The quantitative estimate of drug-likeness (QED) is 0.884. The van der Waals surface area contributed by atoms with Crippen molar-refractivity contribution in [1.82, 2.24) is 0 Å². The van der Waals surface area contributed by atoms with Gasteiger partial charge in [-0.25, -0.2) is 12.8 Å². The van der Waals surface area contributed by atoms with Crippen LogP contribution in [-0.2, 0) is 15.6 Å². The minimum Gasteiger partial charge on any atom is -0.398 e. The molecule has 106 valence electrons. The van der Waals surface area contributed by atoms with E-state index in [0.29, 0.717) is 11.3 Å². The summed E-state index contributed by atoms with van der Waals surface area (Å²) in [7, 11) is -3.72. The molecule has 0 unspecified atom stereocenters. The van der Waals surface area contributed by atoms with E-state index in [2.05, 4.69) is 0 Å². The number of sulfone groups is 1. The van der Waals surface area contributed by atoms with E-state index in [-0.39, 0.29) is 15.5 Å². The Hall–Kier alpha value is -1.59. The number of rotatable bonds is 3. The first-order valence-corrected chi connectivity index (χ1v) is 7.86. The fourth-order valence-electron chi connectivity index (χ4n) is 1.91. The number of halogens is 2. The van der Waals surface area contributed by atoms with E-state index < -0.39 is 21.4 Å². The van der Waals surface area contributed by atoms with Gasteiger partial charge in [0.1, 0.15) is 5.82 Å². The van der Waals surface area contributed by atoms with Gasteiger partial charge >= 0.3 is 0 Å². The Bertz CT molecular complexity index is 740. The molecule has 0 fully saturated rings. The molecule has 0 atom stereocenters. The number of hydrogen-bond acceptors (Lipinski definition) is 3. The number of hydrogen-bond donors (Lipinski definition) is 1. The van der Waals surface area contributed by atoms with Gasteiger partial charge in [0.2, 0.25) is 0 Å². The van der Waals surface area contributed by atoms with Crippen molar-refractivity contribution in [2.45, 2.75) is 17.6 Å². The zero-order valence-electron chi connectivity index (χ0n) is 10.7. The molecule has 0 aliphatic carbocycles. The summed E-state index contributed by atoms with van der Waals surface area (Å²) in [6.45, 7) is 1.62. The molecule has 0 radical (unpaired) electrons. The molecular formula is C14H13ClFNO2S. The van der Waals surface area contributed by atoms with Gasteiger partial charge in [-0.1, -0.05) is 23.7 Å². The van der Waals surface area contributed by atoms with Crippen molar-refractivity contribution in [2.75, 3.05) is 5.73 Å². The van der Waals surface area contributed by atoms with Gasteiger partial charge in [0.25, 0.3) is 0 Å². The summed E-state index contributed by atoms with van der Waals surface area (Å²) >= 11 is 5.86. The molecule has 2 rings (SSSR count). The second kappa shape index (κ2) is 5.42. The number of nitrogens with two attached hydrogens (primary N) is 1. The van der Waals surface area contributed by atoms with Crippen molar-refractivity contribution < 1.29 is 12.8 Å². The smallest absolute Gasteiger partial charge is 0.183 e. The lowest BCUT2D eigenvalue weighted by molar-refractivity contribution is 0.586. The molecule has 0 aliphatic heterocycles. The Morgan fingerprint density at radius 1 is 1.20 bits per heavy atom. The molecule has 0 heterocycles. The Morgan fingerprint density at radius 2 is 1.85 bits per heavy atom. The second-order valence-electron chi connectivity index (χ2n) is 4.43. The standard InChI is InChI=1S/C14H13ClFNO2S/c1-9-13(17)6-3-7-14(9)20(18,19)8-10-11(15)4-2-5-12(10)16/h2-7H,8,17H2,1H3. The minimum atomic E-state index is -3.72. The molecule has 3 nitrogen and oxygen atoms in total. The van der Waals surface area contributed by atoms with Crippen molar-refractivity contribution in [3.05, 3.63) is 58.4 Å². The number of nitrogen functional groups attached to an aromatic ring is 1. The van der Waals surface area contributed by atoms with Crippen LogP contribution in [0.15, 0.2) is 41.3 Å². The second-order valence-corrected chi connectivity index (χ2v) is 6.79. The Morgan fingerprint density at radius 3 is 2.50 bits per heavy atom. The summed E-state index contributed by atoms with van der Waals surface area (Å²) in [5.74, 6) is -1.13. The van der Waals surface area contributed by atoms with E-state index in [9.17, 15) is 12.8 Å². The van der Waals surface area contributed by atoms with Crippen LogP contribution in [0.25, 0.3) is 0 Å². The third-order valence-electron chi connectivity index (χ3n) is 3.06. The predicted molar refractivity (Wildman–Crippen MR) is 77.9 cm³/mol. The topological polar surface area (TPSA) is 60.2 Å². The summed E-state index contributed by atoms with van der Waals surface area (Å²) in [5, 5.41) is 0.0927. The minimum absolute atomic E-state index is 0.0315. The van der Waals surface area contributed by atoms with Gasteiger partial charge in [0.05, 0.1) is 10.6 Å². The summed E-state index contributed by atoms with van der Waals surface area (Å²) in [4.78, 5) is 0.0943. The van der Waals surface area contributed by atoms with Crippen LogP contribution < -0.4 is 5.73 Å². The third-order valence-corrected chi connectivity index (χ3v) is 5.19. The molecule has 0 bridgehead atoms. The van der Waals surface area contributed by atoms with Gasteiger partial charge in [-0.05, 0) is 36.8 Å². The zero-order valence-corrected chi connectivity index (χ0v) is 12.3. The molecule has 2 N–H and O–H groups in total. The van der Waals surface area contributed by atoms with Crippen LogP contribution in [0.1, 0.15) is 11.1 Å². The van der Waals surface area contributed by atoms with Crippen LogP contribution >= 0.6 is 11.6 Å². The maximum atomic E-state index is 13.7. The van der Waals surface area contributed by atoms with Crippen molar-refractivity contribution in [1.29, 1.82) is 0 Å². The van der Waals surface area contributed by atoms with E-state index in [0.717, 1.165) is 0 Å². The number of anilines is 1. The largest absolute Gasteiger partial charge is 0.398 e. The SMILES string of the molecule is Cc1c(N)cccc1S(=O)(=O)Cc1c(F)cccc1Cl. The first-order valence-electron chi connectivity index (χ1n) is 5.83. The maximum absolute atomic E-state index is 13.7. The lowest BCUT2D eigenvalue weighted by Crippen LogP contribution is -2.09. The molecule has 6 heteroatoms. The highest BCUT2D eigenvalue weighted by Crippen LogP contribution is 2.27. The monoisotopic (exact) mass is 313 g/mol. The Labute approximate surface area is 122 Å². The molecule has 0 aromatic heterocycles. The Balaban J connectivity index is 2.50. The third kappa shape index (κ3) is 2.78. The molecule has 2 aromatic carbocycles. The highest BCUT2D eigenvalue weighted by molar-refractivity contribution is 7.90. The number of benzene rings is 2. The van der Waals surface area contributed by atoms with Gasteiger partial charge in [-0.3, -0.25) is 0 Å². The van der Waals surface area contributed by atoms with Crippen LogP contribution in [0.5, 0.6) is 0 Å². The fraction of sp³-hybridized carbons (Fsp3) is 0.143. The zero-order chi connectivity index (χ0) is 14.9. The molecule has 0 amide bonds. The van der Waals surface area contributed by atoms with Gasteiger partial charge in [0.15, 0.2) is 9.84 Å². The van der Waals surface area contributed by atoms with E-state index >= 15 is 0 Å². The molecule has 2 aromatic rings. The molecule has 0 spiro atoms. The normalized spacial score (nSPS) is 11.6. The van der Waals surface area contributed by atoms with Crippen LogP contribution in [-0.4, -0.2) is 8.42 Å². The van der Waals surface area contributed by atoms with Gasteiger partial charge < -0.3 is 5.73 Å². The first-order chi connectivity index (χ1) is 9.33. The van der Waals surface area contributed by atoms with Crippen LogP contribution in [0, 0.1) is 12.7 Å². The molecule has 0 saturated heterocycles. The lowest BCUT2D eigenvalue weighted by atomic mass is 10.2. The summed E-state index contributed by atoms with van der Waals surface area (Å²) in [6.07, 6.45) is 0. The van der Waals surface area contributed by atoms with Crippen LogP contribution in [0.4, 0.5) is 10.1 Å². The van der Waals surface area contributed by atoms with Crippen LogP contribution in [0.3, 0.4) is 0 Å². The van der Waals surface area contributed by atoms with Crippen molar-refractivity contribution in [3.63, 3.8) is 0 Å². The van der Waals surface area contributed by atoms with E-state index in [4.69, 9.17) is 17.3 Å². The van der Waals surface area contributed by atoms with Crippen molar-refractivity contribution in [2.24, 2.45) is 0 Å². The summed E-state index contributed by atoms with van der Waals surface area (Å²) < 4.78 is 38.5. The summed E-state index contributed by atoms with van der Waals surface area (Å²) in [6, 6.07) is 8.70. The first kappa shape index (κ1) is 14.8. The average Bonchev–Trinajstić information content (AvgIpc) is 2.37. The van der Waals surface area contributed by atoms with Crippen LogP contribution in [0.2, 0.25) is 5.02 Å². The van der Waals surface area contributed by atoms with E-state index in [1.807, 2.05) is 0 Å². The van der Waals surface area contributed by atoms with Crippen molar-refractivity contribution >= 4 is 27.1 Å². The lowest BCUT2D eigenvalue weighted by Gasteiger charge is -2.11. The highest BCUT2D eigenvalue weighted by Gasteiger charge is 2.22. The van der Waals surface area contributed by atoms with Gasteiger partial charge in [0, 0.05) is 16.3 Å². The van der Waals surface area contributed by atoms with Gasteiger partial charge in [-0.15, -0.1) is 0 Å². The molecule has 20 heavy (non-hydrogen) atoms. The summed E-state index contributed by atoms with van der Waals surface area (Å²) in [5.41, 5.74) is 6.51. The highest BCUT2D eigenvalue weighted by atomic mass is 35.5. The maximum Gasteiger partial charge on any atom is 0.183 e. The predicted octanol–water partition coefficient (Wildman–Crippen LogP) is 3.34. The van der Waals surface area contributed by atoms with Crippen molar-refractivity contribution in [3.8, 4) is 0 Å². The molecular weight excluding hydrogens is 301 g/mol. The molecule has 0 saturated carbocycles. The van der Waals surface area contributed by atoms with E-state index in [1.165, 1.54) is 24.3 Å². The fourth-order valence-corrected chi connectivity index (χ4v) is 3.91. The Kier molecular flexibility index (Phi) is 4.01. The average molecular weight is 314 g/mol. The molecule has 0 aliphatic rings.